The summed E-state index contributed by atoms with van der Waals surface area (Å²) in [6.07, 6.45) is 2.36. The number of rotatable bonds is 4. The smallest absolute Gasteiger partial charge is 0.274 e. The number of aromatic amines is 1. The highest BCUT2D eigenvalue weighted by atomic mass is 16.2. The SMILES string of the molecule is CCN(CC1CCCN1)C(=O)c1cc(C)[nH]n1. The molecular weight excluding hydrogens is 216 g/mol. The Balaban J connectivity index is 1.99. The first-order valence-electron chi connectivity index (χ1n) is 6.25. The first kappa shape index (κ1) is 12.1. The summed E-state index contributed by atoms with van der Waals surface area (Å²) in [5, 5.41) is 10.2. The lowest BCUT2D eigenvalue weighted by molar-refractivity contribution is 0.0745. The first-order valence-corrected chi connectivity index (χ1v) is 6.25. The van der Waals surface area contributed by atoms with Crippen molar-refractivity contribution in [3.05, 3.63) is 17.5 Å². The highest BCUT2D eigenvalue weighted by molar-refractivity contribution is 5.92. The summed E-state index contributed by atoms with van der Waals surface area (Å²) in [6.45, 7) is 6.48. The molecule has 1 unspecified atom stereocenters. The van der Waals surface area contributed by atoms with Crippen molar-refractivity contribution in [2.45, 2.75) is 32.7 Å². The molecule has 2 rings (SSSR count). The Morgan fingerprint density at radius 2 is 2.47 bits per heavy atom. The van der Waals surface area contributed by atoms with Crippen molar-refractivity contribution >= 4 is 5.91 Å². The van der Waals surface area contributed by atoms with Gasteiger partial charge in [0.15, 0.2) is 0 Å². The van der Waals surface area contributed by atoms with Crippen LogP contribution in [-0.4, -0.2) is 46.7 Å². The quantitative estimate of drug-likeness (QED) is 0.817. The third-order valence-corrected chi connectivity index (χ3v) is 3.20. The van der Waals surface area contributed by atoms with Crippen LogP contribution in [0.3, 0.4) is 0 Å². The van der Waals surface area contributed by atoms with E-state index >= 15 is 0 Å². The van der Waals surface area contributed by atoms with E-state index in [2.05, 4.69) is 15.5 Å². The molecule has 0 radical (unpaired) electrons. The number of hydrogen-bond acceptors (Lipinski definition) is 3. The summed E-state index contributed by atoms with van der Waals surface area (Å²) < 4.78 is 0. The van der Waals surface area contributed by atoms with Gasteiger partial charge in [-0.3, -0.25) is 9.89 Å². The van der Waals surface area contributed by atoms with Crippen LogP contribution in [-0.2, 0) is 0 Å². The average Bonchev–Trinajstić information content (AvgIpc) is 2.96. The monoisotopic (exact) mass is 236 g/mol. The predicted octanol–water partition coefficient (Wildman–Crippen LogP) is 0.932. The summed E-state index contributed by atoms with van der Waals surface area (Å²) in [4.78, 5) is 14.1. The summed E-state index contributed by atoms with van der Waals surface area (Å²) >= 11 is 0. The molecule has 94 valence electrons. The second-order valence-corrected chi connectivity index (χ2v) is 4.57. The molecule has 1 saturated heterocycles. The Hall–Kier alpha value is -1.36. The summed E-state index contributed by atoms with van der Waals surface area (Å²) in [5.74, 6) is 0.0190. The lowest BCUT2D eigenvalue weighted by Crippen LogP contribution is -2.41. The molecule has 0 saturated carbocycles. The molecule has 1 aliphatic rings. The molecule has 1 aromatic rings. The van der Waals surface area contributed by atoms with E-state index in [1.807, 2.05) is 18.7 Å². The minimum absolute atomic E-state index is 0.0190. The molecule has 1 aromatic heterocycles. The molecule has 2 N–H and O–H groups in total. The Morgan fingerprint density at radius 1 is 1.65 bits per heavy atom. The molecule has 2 heterocycles. The van der Waals surface area contributed by atoms with Crippen molar-refractivity contribution in [3.63, 3.8) is 0 Å². The molecular formula is C12H20N4O. The van der Waals surface area contributed by atoms with Gasteiger partial charge in [-0.15, -0.1) is 0 Å². The number of aromatic nitrogens is 2. The van der Waals surface area contributed by atoms with E-state index in [1.54, 1.807) is 6.07 Å². The summed E-state index contributed by atoms with van der Waals surface area (Å²) in [7, 11) is 0. The number of amides is 1. The number of hydrogen-bond donors (Lipinski definition) is 2. The van der Waals surface area contributed by atoms with Crippen molar-refractivity contribution in [2.24, 2.45) is 0 Å². The number of aryl methyl sites for hydroxylation is 1. The van der Waals surface area contributed by atoms with Gasteiger partial charge in [-0.1, -0.05) is 0 Å². The highest BCUT2D eigenvalue weighted by Gasteiger charge is 2.22. The molecule has 1 atom stereocenters. The number of carbonyl (C=O) groups is 1. The molecule has 5 nitrogen and oxygen atoms in total. The van der Waals surface area contributed by atoms with Gasteiger partial charge in [0, 0.05) is 24.8 Å². The van der Waals surface area contributed by atoms with Crippen LogP contribution in [0.2, 0.25) is 0 Å². The van der Waals surface area contributed by atoms with Gasteiger partial charge in [-0.25, -0.2) is 0 Å². The van der Waals surface area contributed by atoms with Crippen LogP contribution >= 0.6 is 0 Å². The second kappa shape index (κ2) is 5.31. The number of carbonyl (C=O) groups excluding carboxylic acids is 1. The summed E-state index contributed by atoms with van der Waals surface area (Å²) in [5.41, 5.74) is 1.44. The fourth-order valence-corrected chi connectivity index (χ4v) is 2.22. The highest BCUT2D eigenvalue weighted by Crippen LogP contribution is 2.09. The molecule has 0 aliphatic carbocycles. The molecule has 17 heavy (non-hydrogen) atoms. The second-order valence-electron chi connectivity index (χ2n) is 4.57. The van der Waals surface area contributed by atoms with Crippen LogP contribution in [0.5, 0.6) is 0 Å². The van der Waals surface area contributed by atoms with Crippen LogP contribution in [0, 0.1) is 6.92 Å². The Bertz CT molecular complexity index is 382. The van der Waals surface area contributed by atoms with Gasteiger partial charge < -0.3 is 10.2 Å². The number of nitrogens with zero attached hydrogens (tertiary/aromatic N) is 2. The van der Waals surface area contributed by atoms with Crippen LogP contribution in [0.25, 0.3) is 0 Å². The van der Waals surface area contributed by atoms with Gasteiger partial charge >= 0.3 is 0 Å². The maximum atomic E-state index is 12.2. The topological polar surface area (TPSA) is 61.0 Å². The molecule has 1 aliphatic heterocycles. The number of likely N-dealkylation sites (N-methyl/N-ethyl adjacent to an activating group) is 1. The lowest BCUT2D eigenvalue weighted by Gasteiger charge is -2.23. The van der Waals surface area contributed by atoms with Crippen molar-refractivity contribution in [1.82, 2.24) is 20.4 Å². The molecule has 5 heteroatoms. The Morgan fingerprint density at radius 3 is 3.00 bits per heavy atom. The summed E-state index contributed by atoms with van der Waals surface area (Å²) in [6, 6.07) is 2.24. The zero-order chi connectivity index (χ0) is 12.3. The van der Waals surface area contributed by atoms with E-state index in [4.69, 9.17) is 0 Å². The minimum Gasteiger partial charge on any atom is -0.336 e. The zero-order valence-electron chi connectivity index (χ0n) is 10.5. The van der Waals surface area contributed by atoms with Crippen LogP contribution in [0.1, 0.15) is 35.9 Å². The van der Waals surface area contributed by atoms with Crippen molar-refractivity contribution < 1.29 is 4.79 Å². The number of nitrogens with one attached hydrogen (secondary N) is 2. The van der Waals surface area contributed by atoms with E-state index in [0.717, 1.165) is 31.7 Å². The zero-order valence-corrected chi connectivity index (χ0v) is 10.5. The average molecular weight is 236 g/mol. The largest absolute Gasteiger partial charge is 0.336 e. The van der Waals surface area contributed by atoms with Gasteiger partial charge in [0.2, 0.25) is 0 Å². The molecule has 0 bridgehead atoms. The van der Waals surface area contributed by atoms with Crippen molar-refractivity contribution in [1.29, 1.82) is 0 Å². The lowest BCUT2D eigenvalue weighted by atomic mass is 10.2. The van der Waals surface area contributed by atoms with Gasteiger partial charge in [0.25, 0.3) is 5.91 Å². The third kappa shape index (κ3) is 2.85. The van der Waals surface area contributed by atoms with E-state index in [0.29, 0.717) is 11.7 Å². The van der Waals surface area contributed by atoms with Crippen LogP contribution in [0.15, 0.2) is 6.07 Å². The van der Waals surface area contributed by atoms with Gasteiger partial charge in [0.1, 0.15) is 5.69 Å². The van der Waals surface area contributed by atoms with E-state index in [-0.39, 0.29) is 5.91 Å². The maximum Gasteiger partial charge on any atom is 0.274 e. The van der Waals surface area contributed by atoms with Crippen molar-refractivity contribution in [3.8, 4) is 0 Å². The molecule has 1 amide bonds. The molecule has 1 fully saturated rings. The van der Waals surface area contributed by atoms with Crippen LogP contribution in [0.4, 0.5) is 0 Å². The Labute approximate surface area is 102 Å². The molecule has 0 aromatic carbocycles. The predicted molar refractivity (Wildman–Crippen MR) is 65.9 cm³/mol. The van der Waals surface area contributed by atoms with Gasteiger partial charge in [-0.2, -0.15) is 5.10 Å². The first-order chi connectivity index (χ1) is 8.20. The fraction of sp³-hybridized carbons (Fsp3) is 0.667. The maximum absolute atomic E-state index is 12.2. The minimum atomic E-state index is 0.0190. The number of H-pyrrole nitrogens is 1. The fourth-order valence-electron chi connectivity index (χ4n) is 2.22. The standard InChI is InChI=1S/C12H20N4O/c1-3-16(8-10-5-4-6-13-10)12(17)11-7-9(2)14-15-11/h7,10,13H,3-6,8H2,1-2H3,(H,14,15). The van der Waals surface area contributed by atoms with E-state index in [1.165, 1.54) is 6.42 Å². The third-order valence-electron chi connectivity index (χ3n) is 3.20. The van der Waals surface area contributed by atoms with E-state index in [9.17, 15) is 4.79 Å². The van der Waals surface area contributed by atoms with Crippen LogP contribution < -0.4 is 5.32 Å². The molecule has 0 spiro atoms. The normalized spacial score (nSPS) is 19.5. The van der Waals surface area contributed by atoms with Gasteiger partial charge in [0.05, 0.1) is 0 Å². The van der Waals surface area contributed by atoms with Crippen molar-refractivity contribution in [2.75, 3.05) is 19.6 Å². The van der Waals surface area contributed by atoms with E-state index < -0.39 is 0 Å². The van der Waals surface area contributed by atoms with Gasteiger partial charge in [-0.05, 0) is 39.3 Å². The Kier molecular flexibility index (Phi) is 3.78.